The largest absolute Gasteiger partial charge is 0.465 e. The van der Waals surface area contributed by atoms with Gasteiger partial charge in [-0.25, -0.2) is 4.98 Å². The second-order valence-corrected chi connectivity index (χ2v) is 5.50. The Kier molecular flexibility index (Phi) is 4.35. The molecule has 2 aromatic rings. The smallest absolute Gasteiger partial charge is 0.319 e. The summed E-state index contributed by atoms with van der Waals surface area (Å²) in [7, 11) is 1.97. The Labute approximate surface area is 126 Å². The number of rotatable bonds is 5. The maximum atomic E-state index is 12.5. The molecule has 0 aliphatic rings. The van der Waals surface area contributed by atoms with Crippen LogP contribution in [0.2, 0.25) is 0 Å². The molecule has 4 nitrogen and oxygen atoms in total. The minimum atomic E-state index is -0.669. The van der Waals surface area contributed by atoms with Crippen LogP contribution < -0.4 is 0 Å². The first kappa shape index (κ1) is 15.5. The van der Waals surface area contributed by atoms with Crippen LogP contribution in [0.1, 0.15) is 45.0 Å². The van der Waals surface area contributed by atoms with Gasteiger partial charge in [-0.05, 0) is 44.4 Å². The van der Waals surface area contributed by atoms with E-state index in [2.05, 4.69) is 18.2 Å². The Bertz CT molecular complexity index is 654. The van der Waals surface area contributed by atoms with E-state index >= 15 is 0 Å². The average molecular weight is 288 g/mol. The van der Waals surface area contributed by atoms with Crippen molar-refractivity contribution in [1.29, 1.82) is 0 Å². The summed E-state index contributed by atoms with van der Waals surface area (Å²) >= 11 is 0. The number of hydrogen-bond donors (Lipinski definition) is 0. The quantitative estimate of drug-likeness (QED) is 0.791. The van der Waals surface area contributed by atoms with Crippen molar-refractivity contribution < 1.29 is 9.53 Å². The molecular weight excluding hydrogens is 264 g/mol. The van der Waals surface area contributed by atoms with Crippen molar-refractivity contribution in [1.82, 2.24) is 9.55 Å². The van der Waals surface area contributed by atoms with Gasteiger partial charge in [0.1, 0.15) is 11.2 Å². The van der Waals surface area contributed by atoms with Crippen LogP contribution in [0, 0.1) is 6.92 Å². The van der Waals surface area contributed by atoms with Gasteiger partial charge >= 0.3 is 5.97 Å². The molecule has 1 aromatic carbocycles. The first-order valence-electron chi connectivity index (χ1n) is 7.61. The molecule has 4 heteroatoms. The van der Waals surface area contributed by atoms with Crippen LogP contribution in [0.25, 0.3) is 11.0 Å². The molecule has 0 atom stereocenters. The molecule has 0 saturated heterocycles. The molecule has 1 aromatic heterocycles. The second-order valence-electron chi connectivity index (χ2n) is 5.50. The zero-order valence-corrected chi connectivity index (χ0v) is 13.6. The van der Waals surface area contributed by atoms with Crippen LogP contribution in [-0.4, -0.2) is 22.1 Å². The second kappa shape index (κ2) is 5.88. The first-order valence-corrected chi connectivity index (χ1v) is 7.61. The SMILES string of the molecule is CCOC(=O)C(CC)(CC)c1nc2cc(C)ccc2n1C. The summed E-state index contributed by atoms with van der Waals surface area (Å²) in [5, 5.41) is 0. The first-order chi connectivity index (χ1) is 10.00. The molecule has 0 fully saturated rings. The normalized spacial score (nSPS) is 11.9. The number of benzene rings is 1. The van der Waals surface area contributed by atoms with Gasteiger partial charge in [0, 0.05) is 7.05 Å². The summed E-state index contributed by atoms with van der Waals surface area (Å²) < 4.78 is 7.35. The minimum absolute atomic E-state index is 0.176. The van der Waals surface area contributed by atoms with E-state index < -0.39 is 5.41 Å². The average Bonchev–Trinajstić information content (AvgIpc) is 2.78. The lowest BCUT2D eigenvalue weighted by Gasteiger charge is -2.28. The lowest BCUT2D eigenvalue weighted by molar-refractivity contribution is -0.151. The maximum Gasteiger partial charge on any atom is 0.319 e. The molecule has 0 spiro atoms. The Morgan fingerprint density at radius 1 is 1.29 bits per heavy atom. The van der Waals surface area contributed by atoms with Gasteiger partial charge in [-0.1, -0.05) is 19.9 Å². The van der Waals surface area contributed by atoms with Gasteiger partial charge in [0.15, 0.2) is 0 Å². The molecule has 0 N–H and O–H groups in total. The van der Waals surface area contributed by atoms with E-state index in [1.807, 2.05) is 39.3 Å². The Hall–Kier alpha value is -1.84. The summed E-state index contributed by atoms with van der Waals surface area (Å²) in [5.74, 6) is 0.622. The molecule has 0 saturated carbocycles. The number of carbonyl (C=O) groups is 1. The summed E-state index contributed by atoms with van der Waals surface area (Å²) in [6.07, 6.45) is 1.36. The van der Waals surface area contributed by atoms with Gasteiger partial charge < -0.3 is 9.30 Å². The Morgan fingerprint density at radius 2 is 1.95 bits per heavy atom. The highest BCUT2D eigenvalue weighted by atomic mass is 16.5. The van der Waals surface area contributed by atoms with E-state index in [9.17, 15) is 4.79 Å². The fourth-order valence-corrected chi connectivity index (χ4v) is 2.95. The molecule has 0 aliphatic carbocycles. The van der Waals surface area contributed by atoms with Crippen LogP contribution in [0.15, 0.2) is 18.2 Å². The highest BCUT2D eigenvalue weighted by Crippen LogP contribution is 2.34. The third kappa shape index (κ3) is 2.43. The lowest BCUT2D eigenvalue weighted by Crippen LogP contribution is -2.38. The molecule has 2 rings (SSSR count). The molecule has 0 amide bonds. The van der Waals surface area contributed by atoms with E-state index in [1.165, 1.54) is 5.56 Å². The lowest BCUT2D eigenvalue weighted by atomic mass is 9.81. The van der Waals surface area contributed by atoms with E-state index in [1.54, 1.807) is 0 Å². The Morgan fingerprint density at radius 3 is 2.52 bits per heavy atom. The van der Waals surface area contributed by atoms with Crippen LogP contribution in [-0.2, 0) is 22.0 Å². The van der Waals surface area contributed by atoms with Crippen LogP contribution in [0.3, 0.4) is 0 Å². The van der Waals surface area contributed by atoms with Gasteiger partial charge in [-0.15, -0.1) is 0 Å². The Balaban J connectivity index is 2.65. The number of ether oxygens (including phenoxy) is 1. The molecule has 0 radical (unpaired) electrons. The summed E-state index contributed by atoms with van der Waals surface area (Å²) in [6, 6.07) is 6.18. The standard InChI is InChI=1S/C17H24N2O2/c1-6-17(7-2,16(20)21-8-3)15-18-13-11-12(4)9-10-14(13)19(15)5/h9-11H,6-8H2,1-5H3. The molecule has 21 heavy (non-hydrogen) atoms. The highest BCUT2D eigenvalue weighted by molar-refractivity contribution is 5.85. The maximum absolute atomic E-state index is 12.5. The van der Waals surface area contributed by atoms with Gasteiger partial charge in [-0.3, -0.25) is 4.79 Å². The van der Waals surface area contributed by atoms with Gasteiger partial charge in [0.2, 0.25) is 0 Å². The van der Waals surface area contributed by atoms with Crippen LogP contribution in [0.4, 0.5) is 0 Å². The van der Waals surface area contributed by atoms with Crippen molar-refractivity contribution in [2.45, 2.75) is 46.0 Å². The molecule has 0 aliphatic heterocycles. The summed E-state index contributed by atoms with van der Waals surface area (Å²) in [4.78, 5) is 17.3. The molecule has 0 unspecified atom stereocenters. The van der Waals surface area contributed by atoms with Crippen molar-refractivity contribution in [2.75, 3.05) is 6.61 Å². The van der Waals surface area contributed by atoms with Crippen LogP contribution >= 0.6 is 0 Å². The van der Waals surface area contributed by atoms with Crippen molar-refractivity contribution in [3.8, 4) is 0 Å². The van der Waals surface area contributed by atoms with E-state index in [0.717, 1.165) is 16.9 Å². The number of hydrogen-bond acceptors (Lipinski definition) is 3. The number of carbonyl (C=O) groups excluding carboxylic acids is 1. The number of nitrogens with zero attached hydrogens (tertiary/aromatic N) is 2. The van der Waals surface area contributed by atoms with Crippen molar-refractivity contribution in [3.05, 3.63) is 29.6 Å². The van der Waals surface area contributed by atoms with E-state index in [4.69, 9.17) is 9.72 Å². The molecule has 114 valence electrons. The number of fused-ring (bicyclic) bond motifs is 1. The topological polar surface area (TPSA) is 44.1 Å². The summed E-state index contributed by atoms with van der Waals surface area (Å²) in [5.41, 5.74) is 2.48. The highest BCUT2D eigenvalue weighted by Gasteiger charge is 2.42. The monoisotopic (exact) mass is 288 g/mol. The van der Waals surface area contributed by atoms with E-state index in [0.29, 0.717) is 19.4 Å². The zero-order chi connectivity index (χ0) is 15.6. The molecule has 0 bridgehead atoms. The van der Waals surface area contributed by atoms with Gasteiger partial charge in [0.05, 0.1) is 17.6 Å². The van der Waals surface area contributed by atoms with Gasteiger partial charge in [0.25, 0.3) is 0 Å². The minimum Gasteiger partial charge on any atom is -0.465 e. The molecular formula is C17H24N2O2. The molecule has 1 heterocycles. The van der Waals surface area contributed by atoms with E-state index in [-0.39, 0.29) is 5.97 Å². The fraction of sp³-hybridized carbons (Fsp3) is 0.529. The predicted octanol–water partition coefficient (Wildman–Crippen LogP) is 3.50. The number of imidazole rings is 1. The number of aromatic nitrogens is 2. The number of esters is 1. The number of aryl methyl sites for hydroxylation is 2. The third-order valence-corrected chi connectivity index (χ3v) is 4.34. The van der Waals surface area contributed by atoms with Crippen LogP contribution in [0.5, 0.6) is 0 Å². The fourth-order valence-electron chi connectivity index (χ4n) is 2.95. The predicted molar refractivity (Wildman–Crippen MR) is 84.3 cm³/mol. The summed E-state index contributed by atoms with van der Waals surface area (Å²) in [6.45, 7) is 8.32. The van der Waals surface area contributed by atoms with Crippen molar-refractivity contribution in [3.63, 3.8) is 0 Å². The van der Waals surface area contributed by atoms with Crippen molar-refractivity contribution in [2.24, 2.45) is 7.05 Å². The van der Waals surface area contributed by atoms with Crippen molar-refractivity contribution >= 4 is 17.0 Å². The third-order valence-electron chi connectivity index (χ3n) is 4.34. The van der Waals surface area contributed by atoms with Gasteiger partial charge in [-0.2, -0.15) is 0 Å². The zero-order valence-electron chi connectivity index (χ0n) is 13.6.